The standard InChI is InChI=1S/C50H98O4S/c1-3-5-7-9-11-13-15-17-19-21-23-25-27-29-31-33-35-37-39-41-44-50(49(53)54,47-55-46-43-48(51)52)45-42-40-38-36-34-32-30-28-26-24-22-20-18-16-14-12-10-8-6-4-2/h3-47H2,1-2H3,(H,51,52)(H,53,54)/p-2. The first-order valence-electron chi connectivity index (χ1n) is 25.0. The fraction of sp³-hybridized carbons (Fsp3) is 0.960. The molecule has 0 aliphatic heterocycles. The number of carboxylic acid groups (broad SMARTS) is 2. The molecule has 0 bridgehead atoms. The molecule has 0 N–H and O–H groups in total. The molecule has 5 heteroatoms. The van der Waals surface area contributed by atoms with Gasteiger partial charge in [-0.05, 0) is 25.0 Å². The second-order valence-electron chi connectivity index (χ2n) is 17.7. The van der Waals surface area contributed by atoms with E-state index >= 15 is 0 Å². The Kier molecular flexibility index (Phi) is 43.8. The van der Waals surface area contributed by atoms with Crippen LogP contribution in [-0.4, -0.2) is 23.4 Å². The molecule has 55 heavy (non-hydrogen) atoms. The van der Waals surface area contributed by atoms with E-state index in [9.17, 15) is 19.8 Å². The monoisotopic (exact) mass is 793 g/mol. The van der Waals surface area contributed by atoms with Crippen molar-refractivity contribution in [3.05, 3.63) is 0 Å². The molecule has 0 spiro atoms. The van der Waals surface area contributed by atoms with Crippen molar-refractivity contribution in [2.24, 2.45) is 5.41 Å². The third-order valence-electron chi connectivity index (χ3n) is 12.3. The molecule has 0 aliphatic carbocycles. The maximum Gasteiger partial charge on any atom is 0.0484 e. The van der Waals surface area contributed by atoms with Gasteiger partial charge in [-0.1, -0.05) is 271 Å². The lowest BCUT2D eigenvalue weighted by Gasteiger charge is -2.35. The first-order valence-corrected chi connectivity index (χ1v) is 26.1. The van der Waals surface area contributed by atoms with Gasteiger partial charge in [0.25, 0.3) is 0 Å². The van der Waals surface area contributed by atoms with Crippen molar-refractivity contribution in [2.45, 2.75) is 290 Å². The Morgan fingerprint density at radius 2 is 0.582 bits per heavy atom. The summed E-state index contributed by atoms with van der Waals surface area (Å²) in [6.45, 7) is 4.57. The summed E-state index contributed by atoms with van der Waals surface area (Å²) in [6.07, 6.45) is 54.8. The fourth-order valence-corrected chi connectivity index (χ4v) is 9.65. The first-order chi connectivity index (χ1) is 27.0. The molecule has 0 saturated carbocycles. The Hall–Kier alpha value is -0.710. The summed E-state index contributed by atoms with van der Waals surface area (Å²) in [6, 6.07) is 0. The third kappa shape index (κ3) is 39.9. The van der Waals surface area contributed by atoms with Crippen LogP contribution < -0.4 is 10.2 Å². The van der Waals surface area contributed by atoms with E-state index in [1.807, 2.05) is 0 Å². The van der Waals surface area contributed by atoms with E-state index in [1.165, 1.54) is 243 Å². The zero-order valence-corrected chi connectivity index (χ0v) is 38.2. The molecular weight excluding hydrogens is 697 g/mol. The van der Waals surface area contributed by atoms with Crippen LogP contribution in [0.2, 0.25) is 0 Å². The molecule has 0 atom stereocenters. The summed E-state index contributed by atoms with van der Waals surface area (Å²) in [4.78, 5) is 23.5. The molecule has 0 unspecified atom stereocenters. The van der Waals surface area contributed by atoms with E-state index in [2.05, 4.69) is 13.8 Å². The molecule has 0 aromatic heterocycles. The van der Waals surface area contributed by atoms with Crippen LogP contribution in [0.4, 0.5) is 0 Å². The molecule has 0 heterocycles. The molecule has 0 saturated heterocycles. The van der Waals surface area contributed by atoms with E-state index in [0.29, 0.717) is 24.3 Å². The van der Waals surface area contributed by atoms with E-state index in [1.54, 1.807) is 0 Å². The SMILES string of the molecule is CCCCCCCCCCCCCCCCCCCCCCC(CCCCCCCCCCCCCCCCCCCCCC)(CSCCC(=O)[O-])C(=O)[O-]. The van der Waals surface area contributed by atoms with Crippen LogP contribution in [0, 0.1) is 5.41 Å². The molecule has 0 aromatic carbocycles. The smallest absolute Gasteiger partial charge is 0.0484 e. The summed E-state index contributed by atoms with van der Waals surface area (Å²) >= 11 is 1.46. The van der Waals surface area contributed by atoms with Crippen LogP contribution in [0.25, 0.3) is 0 Å². The van der Waals surface area contributed by atoms with Crippen LogP contribution in [0.3, 0.4) is 0 Å². The van der Waals surface area contributed by atoms with Crippen molar-refractivity contribution in [1.82, 2.24) is 0 Å². The van der Waals surface area contributed by atoms with Crippen LogP contribution in [0.1, 0.15) is 290 Å². The lowest BCUT2D eigenvalue weighted by atomic mass is 9.79. The lowest BCUT2D eigenvalue weighted by Crippen LogP contribution is -2.44. The second kappa shape index (κ2) is 44.4. The number of aliphatic carboxylic acids is 2. The average Bonchev–Trinajstić information content (AvgIpc) is 3.17. The summed E-state index contributed by atoms with van der Waals surface area (Å²) < 4.78 is 0. The van der Waals surface area contributed by atoms with Crippen molar-refractivity contribution in [2.75, 3.05) is 11.5 Å². The second-order valence-corrected chi connectivity index (χ2v) is 18.8. The molecular formula is C50H96O4S-2. The third-order valence-corrected chi connectivity index (χ3v) is 13.5. The van der Waals surface area contributed by atoms with Crippen LogP contribution in [0.5, 0.6) is 0 Å². The highest BCUT2D eigenvalue weighted by atomic mass is 32.2. The van der Waals surface area contributed by atoms with Crippen LogP contribution >= 0.6 is 11.8 Å². The zero-order valence-electron chi connectivity index (χ0n) is 37.4. The zero-order chi connectivity index (χ0) is 40.2. The van der Waals surface area contributed by atoms with E-state index < -0.39 is 17.4 Å². The molecule has 0 aliphatic rings. The van der Waals surface area contributed by atoms with E-state index in [-0.39, 0.29) is 6.42 Å². The number of rotatable bonds is 48. The maximum atomic E-state index is 12.6. The first kappa shape index (κ1) is 54.3. The van der Waals surface area contributed by atoms with E-state index in [4.69, 9.17) is 0 Å². The van der Waals surface area contributed by atoms with Gasteiger partial charge in [0.15, 0.2) is 0 Å². The Morgan fingerprint density at radius 3 is 0.782 bits per heavy atom. The van der Waals surface area contributed by atoms with Gasteiger partial charge in [-0.3, -0.25) is 0 Å². The highest BCUT2D eigenvalue weighted by molar-refractivity contribution is 7.99. The molecule has 328 valence electrons. The van der Waals surface area contributed by atoms with Gasteiger partial charge in [0.2, 0.25) is 0 Å². The summed E-state index contributed by atoms with van der Waals surface area (Å²) in [5.41, 5.74) is -0.834. The highest BCUT2D eigenvalue weighted by Gasteiger charge is 2.30. The Balaban J connectivity index is 3.97. The van der Waals surface area contributed by atoms with Gasteiger partial charge < -0.3 is 19.8 Å². The largest absolute Gasteiger partial charge is 0.550 e. The molecule has 4 nitrogen and oxygen atoms in total. The van der Waals surface area contributed by atoms with Gasteiger partial charge in [-0.25, -0.2) is 0 Å². The maximum absolute atomic E-state index is 12.6. The molecule has 0 rings (SSSR count). The average molecular weight is 793 g/mol. The Bertz CT molecular complexity index is 742. The predicted molar refractivity (Wildman–Crippen MR) is 240 cm³/mol. The highest BCUT2D eigenvalue weighted by Crippen LogP contribution is 2.35. The number of carbonyl (C=O) groups excluding carboxylic acids is 2. The van der Waals surface area contributed by atoms with Crippen molar-refractivity contribution in [3.63, 3.8) is 0 Å². The minimum absolute atomic E-state index is 0.0214. The lowest BCUT2D eigenvalue weighted by molar-refractivity contribution is -0.319. The summed E-state index contributed by atoms with van der Waals surface area (Å²) in [5, 5.41) is 23.5. The molecule has 0 aromatic rings. The Morgan fingerprint density at radius 1 is 0.364 bits per heavy atom. The summed E-state index contributed by atoms with van der Waals surface area (Å²) in [7, 11) is 0. The quantitative estimate of drug-likeness (QED) is 0.0573. The normalized spacial score (nSPS) is 11.8. The molecule has 0 amide bonds. The molecule has 0 fully saturated rings. The van der Waals surface area contributed by atoms with Crippen molar-refractivity contribution in [1.29, 1.82) is 0 Å². The van der Waals surface area contributed by atoms with Crippen molar-refractivity contribution < 1.29 is 19.8 Å². The predicted octanol–water partition coefficient (Wildman–Crippen LogP) is 15.0. The number of carbonyl (C=O) groups is 2. The number of hydrogen-bond acceptors (Lipinski definition) is 5. The number of carboxylic acids is 2. The number of thioether (sulfide) groups is 1. The topological polar surface area (TPSA) is 80.3 Å². The minimum Gasteiger partial charge on any atom is -0.550 e. The van der Waals surface area contributed by atoms with Crippen molar-refractivity contribution in [3.8, 4) is 0 Å². The Labute approximate surface area is 349 Å². The van der Waals surface area contributed by atoms with Gasteiger partial charge in [0, 0.05) is 23.1 Å². The van der Waals surface area contributed by atoms with Gasteiger partial charge in [0.05, 0.1) is 0 Å². The minimum atomic E-state index is -1.06. The molecule has 0 radical (unpaired) electrons. The van der Waals surface area contributed by atoms with Gasteiger partial charge in [-0.2, -0.15) is 11.8 Å². The summed E-state index contributed by atoms with van der Waals surface area (Å²) in [5.74, 6) is -1.12. The number of unbranched alkanes of at least 4 members (excludes halogenated alkanes) is 38. The van der Waals surface area contributed by atoms with Crippen LogP contribution in [0.15, 0.2) is 0 Å². The van der Waals surface area contributed by atoms with Gasteiger partial charge >= 0.3 is 0 Å². The van der Waals surface area contributed by atoms with Crippen LogP contribution in [-0.2, 0) is 9.59 Å². The fourth-order valence-electron chi connectivity index (χ4n) is 8.39. The van der Waals surface area contributed by atoms with Gasteiger partial charge in [-0.15, -0.1) is 0 Å². The van der Waals surface area contributed by atoms with Gasteiger partial charge in [0.1, 0.15) is 0 Å². The van der Waals surface area contributed by atoms with Crippen molar-refractivity contribution >= 4 is 23.7 Å². The number of hydrogen-bond donors (Lipinski definition) is 0. The van der Waals surface area contributed by atoms with E-state index in [0.717, 1.165) is 25.7 Å².